The molecule has 1 aliphatic rings. The highest BCUT2D eigenvalue weighted by molar-refractivity contribution is 5.76. The molecule has 1 saturated heterocycles. The van der Waals surface area contributed by atoms with Gasteiger partial charge in [-0.25, -0.2) is 4.98 Å². The molecule has 1 aromatic heterocycles. The van der Waals surface area contributed by atoms with Gasteiger partial charge in [0.15, 0.2) is 11.4 Å². The predicted octanol–water partition coefficient (Wildman–Crippen LogP) is 0.262. The number of imidazole rings is 1. The van der Waals surface area contributed by atoms with Gasteiger partial charge in [-0.1, -0.05) is 0 Å². The van der Waals surface area contributed by atoms with Gasteiger partial charge in [-0.05, 0) is 13.8 Å². The quantitative estimate of drug-likeness (QED) is 0.770. The maximum absolute atomic E-state index is 12.3. The zero-order valence-corrected chi connectivity index (χ0v) is 11.4. The highest BCUT2D eigenvalue weighted by atomic mass is 16.5. The summed E-state index contributed by atoms with van der Waals surface area (Å²) in [5.41, 5.74) is 0.166. The van der Waals surface area contributed by atoms with E-state index in [0.717, 1.165) is 0 Å². The standard InChI is InChI=1S/C13H15N5O2/c1-9-5-17(6-10(2)20-9)13(19)7-18-8-16-11(3-14)12(18)4-15/h8-10H,5-7H2,1-2H3/t9-,10+. The average molecular weight is 273 g/mol. The fraction of sp³-hybridized carbons (Fsp3) is 0.538. The lowest BCUT2D eigenvalue weighted by molar-refractivity contribution is -0.143. The fourth-order valence-corrected chi connectivity index (χ4v) is 2.33. The summed E-state index contributed by atoms with van der Waals surface area (Å²) in [6.07, 6.45) is 1.34. The molecule has 0 unspecified atom stereocenters. The number of carbonyl (C=O) groups is 1. The second kappa shape index (κ2) is 5.72. The van der Waals surface area contributed by atoms with Crippen molar-refractivity contribution in [2.45, 2.75) is 32.6 Å². The molecule has 0 spiro atoms. The Hall–Kier alpha value is -2.38. The van der Waals surface area contributed by atoms with Crippen LogP contribution in [0.4, 0.5) is 0 Å². The van der Waals surface area contributed by atoms with E-state index in [2.05, 4.69) is 4.98 Å². The lowest BCUT2D eigenvalue weighted by atomic mass is 10.2. The Kier molecular flexibility index (Phi) is 4.02. The number of aromatic nitrogens is 2. The van der Waals surface area contributed by atoms with E-state index in [-0.39, 0.29) is 36.0 Å². The number of ether oxygens (including phenoxy) is 1. The molecular weight excluding hydrogens is 258 g/mol. The first-order valence-corrected chi connectivity index (χ1v) is 6.33. The lowest BCUT2D eigenvalue weighted by Crippen LogP contribution is -2.49. The fourth-order valence-electron chi connectivity index (χ4n) is 2.33. The Morgan fingerprint density at radius 3 is 2.60 bits per heavy atom. The minimum atomic E-state index is -0.106. The molecule has 1 amide bonds. The van der Waals surface area contributed by atoms with Crippen LogP contribution in [0, 0.1) is 22.7 Å². The second-order valence-electron chi connectivity index (χ2n) is 4.85. The van der Waals surface area contributed by atoms with Crippen molar-refractivity contribution in [2.75, 3.05) is 13.1 Å². The molecule has 0 bridgehead atoms. The third-order valence-electron chi connectivity index (χ3n) is 3.13. The minimum Gasteiger partial charge on any atom is -0.372 e. The van der Waals surface area contributed by atoms with Gasteiger partial charge in [-0.2, -0.15) is 10.5 Å². The van der Waals surface area contributed by atoms with Gasteiger partial charge in [-0.3, -0.25) is 4.79 Å². The molecule has 1 aliphatic heterocycles. The van der Waals surface area contributed by atoms with Crippen molar-refractivity contribution in [1.29, 1.82) is 10.5 Å². The summed E-state index contributed by atoms with van der Waals surface area (Å²) in [5.74, 6) is -0.106. The number of nitrogens with zero attached hydrogens (tertiary/aromatic N) is 5. The third-order valence-corrected chi connectivity index (χ3v) is 3.13. The van der Waals surface area contributed by atoms with E-state index in [9.17, 15) is 4.79 Å². The van der Waals surface area contributed by atoms with Crippen LogP contribution in [0.15, 0.2) is 6.33 Å². The third kappa shape index (κ3) is 2.79. The molecule has 2 atom stereocenters. The van der Waals surface area contributed by atoms with Gasteiger partial charge in [0.2, 0.25) is 5.91 Å². The smallest absolute Gasteiger partial charge is 0.242 e. The molecule has 1 fully saturated rings. The van der Waals surface area contributed by atoms with E-state index in [1.54, 1.807) is 4.90 Å². The largest absolute Gasteiger partial charge is 0.372 e. The number of amides is 1. The molecule has 2 rings (SSSR count). The molecule has 0 aliphatic carbocycles. The van der Waals surface area contributed by atoms with Crippen molar-refractivity contribution in [2.24, 2.45) is 0 Å². The molecule has 2 heterocycles. The maximum Gasteiger partial charge on any atom is 0.242 e. The minimum absolute atomic E-state index is 0.00408. The van der Waals surface area contributed by atoms with E-state index in [0.29, 0.717) is 13.1 Å². The molecule has 20 heavy (non-hydrogen) atoms. The topological polar surface area (TPSA) is 94.9 Å². The molecule has 0 aromatic carbocycles. The molecule has 0 N–H and O–H groups in total. The lowest BCUT2D eigenvalue weighted by Gasteiger charge is -2.35. The Balaban J connectivity index is 2.11. The number of carbonyl (C=O) groups excluding carboxylic acids is 1. The zero-order valence-electron chi connectivity index (χ0n) is 11.4. The van der Waals surface area contributed by atoms with Crippen molar-refractivity contribution in [3.05, 3.63) is 17.7 Å². The van der Waals surface area contributed by atoms with Crippen LogP contribution < -0.4 is 0 Å². The Bertz CT molecular complexity index is 585. The van der Waals surface area contributed by atoms with Crippen LogP contribution >= 0.6 is 0 Å². The summed E-state index contributed by atoms with van der Waals surface area (Å²) in [6, 6.07) is 3.74. The number of nitriles is 2. The van der Waals surface area contributed by atoms with Crippen LogP contribution in [0.5, 0.6) is 0 Å². The molecule has 7 heteroatoms. The average Bonchev–Trinajstić information content (AvgIpc) is 2.79. The van der Waals surface area contributed by atoms with Gasteiger partial charge in [0.1, 0.15) is 18.7 Å². The van der Waals surface area contributed by atoms with Gasteiger partial charge < -0.3 is 14.2 Å². The number of hydrogen-bond acceptors (Lipinski definition) is 5. The van der Waals surface area contributed by atoms with Crippen molar-refractivity contribution >= 4 is 5.91 Å². The summed E-state index contributed by atoms with van der Waals surface area (Å²) in [7, 11) is 0. The molecule has 0 radical (unpaired) electrons. The number of rotatable bonds is 2. The molecule has 1 aromatic rings. The summed E-state index contributed by atoms with van der Waals surface area (Å²) in [5, 5.41) is 17.8. The molecule has 104 valence electrons. The SMILES string of the molecule is C[C@@H]1CN(C(=O)Cn2cnc(C#N)c2C#N)C[C@H](C)O1. The monoisotopic (exact) mass is 273 g/mol. The number of morpholine rings is 1. The highest BCUT2D eigenvalue weighted by Gasteiger charge is 2.26. The van der Waals surface area contributed by atoms with Gasteiger partial charge >= 0.3 is 0 Å². The van der Waals surface area contributed by atoms with E-state index >= 15 is 0 Å². The first-order chi connectivity index (χ1) is 9.55. The molecular formula is C13H15N5O2. The molecule has 7 nitrogen and oxygen atoms in total. The first kappa shape index (κ1) is 14.0. The Labute approximate surface area is 117 Å². The summed E-state index contributed by atoms with van der Waals surface area (Å²) >= 11 is 0. The van der Waals surface area contributed by atoms with Crippen LogP contribution in [0.3, 0.4) is 0 Å². The van der Waals surface area contributed by atoms with Gasteiger partial charge in [0.05, 0.1) is 18.5 Å². The van der Waals surface area contributed by atoms with Crippen molar-refractivity contribution in [3.63, 3.8) is 0 Å². The number of hydrogen-bond donors (Lipinski definition) is 0. The van der Waals surface area contributed by atoms with E-state index in [1.165, 1.54) is 10.9 Å². The maximum atomic E-state index is 12.3. The Morgan fingerprint density at radius 2 is 2.05 bits per heavy atom. The summed E-state index contributed by atoms with van der Waals surface area (Å²) in [4.78, 5) is 17.8. The van der Waals surface area contributed by atoms with E-state index in [1.807, 2.05) is 26.0 Å². The van der Waals surface area contributed by atoms with Gasteiger partial charge in [-0.15, -0.1) is 0 Å². The van der Waals surface area contributed by atoms with Crippen LogP contribution in [-0.4, -0.2) is 45.7 Å². The van der Waals surface area contributed by atoms with Crippen molar-refractivity contribution in [3.8, 4) is 12.1 Å². The first-order valence-electron chi connectivity index (χ1n) is 6.33. The van der Waals surface area contributed by atoms with E-state index in [4.69, 9.17) is 15.3 Å². The zero-order chi connectivity index (χ0) is 14.7. The van der Waals surface area contributed by atoms with Crippen molar-refractivity contribution in [1.82, 2.24) is 14.5 Å². The van der Waals surface area contributed by atoms with Crippen LogP contribution in [0.25, 0.3) is 0 Å². The Morgan fingerprint density at radius 1 is 1.40 bits per heavy atom. The second-order valence-corrected chi connectivity index (χ2v) is 4.85. The van der Waals surface area contributed by atoms with Gasteiger partial charge in [0.25, 0.3) is 0 Å². The molecule has 0 saturated carbocycles. The van der Waals surface area contributed by atoms with Crippen molar-refractivity contribution < 1.29 is 9.53 Å². The summed E-state index contributed by atoms with van der Waals surface area (Å²) in [6.45, 7) is 4.91. The van der Waals surface area contributed by atoms with Crippen LogP contribution in [0.1, 0.15) is 25.2 Å². The normalized spacial score (nSPS) is 22.1. The van der Waals surface area contributed by atoms with Crippen LogP contribution in [0.2, 0.25) is 0 Å². The highest BCUT2D eigenvalue weighted by Crippen LogP contribution is 2.12. The summed E-state index contributed by atoms with van der Waals surface area (Å²) < 4.78 is 6.98. The van der Waals surface area contributed by atoms with E-state index < -0.39 is 0 Å². The van der Waals surface area contributed by atoms with Gasteiger partial charge in [0, 0.05) is 13.1 Å². The predicted molar refractivity (Wildman–Crippen MR) is 68.2 cm³/mol. The van der Waals surface area contributed by atoms with Crippen LogP contribution in [-0.2, 0) is 16.1 Å².